The highest BCUT2D eigenvalue weighted by molar-refractivity contribution is 7.89. The first kappa shape index (κ1) is 22.7. The van der Waals surface area contributed by atoms with E-state index in [0.29, 0.717) is 10.6 Å². The van der Waals surface area contributed by atoms with Gasteiger partial charge in [-0.25, -0.2) is 17.9 Å². The number of halogens is 2. The maximum Gasteiger partial charge on any atom is 0.300 e. The maximum atomic E-state index is 13.6. The van der Waals surface area contributed by atoms with Crippen molar-refractivity contribution in [2.75, 3.05) is 4.90 Å². The second kappa shape index (κ2) is 8.43. The third-order valence-corrected chi connectivity index (χ3v) is 6.37. The van der Waals surface area contributed by atoms with E-state index in [1.807, 2.05) is 0 Å². The molecule has 0 bridgehead atoms. The maximum absolute atomic E-state index is 13.6. The first-order valence-electron chi connectivity index (χ1n) is 9.53. The Balaban J connectivity index is 1.91. The fourth-order valence-corrected chi connectivity index (χ4v) is 4.26. The summed E-state index contributed by atoms with van der Waals surface area (Å²) in [5.74, 6) is -2.84. The van der Waals surface area contributed by atoms with E-state index in [2.05, 4.69) is 0 Å². The lowest BCUT2D eigenvalue weighted by molar-refractivity contribution is -0.132. The number of rotatable bonds is 4. The zero-order valence-corrected chi connectivity index (χ0v) is 18.3. The standard InChI is InChI=1S/C23H16ClFN2O5S/c24-15-5-1-14(2-6-15)21(28)19-20(13-3-7-16(25)8-4-13)27(23(30)22(19)29)17-9-11-18(12-10-17)33(26,31)32/h1-12,20,28H,(H2,26,31,32)/b21-19+. The van der Waals surface area contributed by atoms with Gasteiger partial charge < -0.3 is 5.11 Å². The molecule has 0 aromatic heterocycles. The number of aliphatic hydroxyl groups is 1. The monoisotopic (exact) mass is 486 g/mol. The normalized spacial score (nSPS) is 18.0. The van der Waals surface area contributed by atoms with Crippen LogP contribution >= 0.6 is 11.6 Å². The second-order valence-corrected chi connectivity index (χ2v) is 9.26. The Morgan fingerprint density at radius 2 is 1.52 bits per heavy atom. The van der Waals surface area contributed by atoms with Gasteiger partial charge in [-0.1, -0.05) is 23.7 Å². The summed E-state index contributed by atoms with van der Waals surface area (Å²) >= 11 is 5.90. The van der Waals surface area contributed by atoms with Gasteiger partial charge in [-0.15, -0.1) is 0 Å². The number of carbonyl (C=O) groups is 2. The van der Waals surface area contributed by atoms with Crippen LogP contribution in [-0.4, -0.2) is 25.2 Å². The van der Waals surface area contributed by atoms with Gasteiger partial charge in [-0.05, 0) is 66.2 Å². The molecule has 1 amide bonds. The molecule has 10 heteroatoms. The first-order chi connectivity index (χ1) is 15.6. The predicted octanol–water partition coefficient (Wildman–Crippen LogP) is 3.75. The second-order valence-electron chi connectivity index (χ2n) is 7.27. The van der Waals surface area contributed by atoms with E-state index in [4.69, 9.17) is 16.7 Å². The number of nitrogens with two attached hydrogens (primary N) is 1. The number of anilines is 1. The van der Waals surface area contributed by atoms with Gasteiger partial charge in [0.05, 0.1) is 16.5 Å². The molecule has 1 atom stereocenters. The molecule has 0 spiro atoms. The Labute approximate surface area is 193 Å². The van der Waals surface area contributed by atoms with Crippen molar-refractivity contribution >= 4 is 44.8 Å². The fraction of sp³-hybridized carbons (Fsp3) is 0.0435. The lowest BCUT2D eigenvalue weighted by Gasteiger charge is -2.25. The van der Waals surface area contributed by atoms with E-state index >= 15 is 0 Å². The van der Waals surface area contributed by atoms with Crippen molar-refractivity contribution in [2.24, 2.45) is 5.14 Å². The molecule has 3 aromatic carbocycles. The van der Waals surface area contributed by atoms with Gasteiger partial charge in [0.2, 0.25) is 10.0 Å². The van der Waals surface area contributed by atoms with E-state index in [1.54, 1.807) is 0 Å². The zero-order chi connectivity index (χ0) is 23.9. The minimum atomic E-state index is -3.97. The summed E-state index contributed by atoms with van der Waals surface area (Å²) in [5, 5.41) is 16.5. The molecule has 3 aromatic rings. The number of hydrogen-bond donors (Lipinski definition) is 2. The van der Waals surface area contributed by atoms with Crippen LogP contribution in [0.2, 0.25) is 5.02 Å². The zero-order valence-electron chi connectivity index (χ0n) is 16.8. The SMILES string of the molecule is NS(=O)(=O)c1ccc(N2C(=O)C(=O)/C(=C(/O)c3ccc(Cl)cc3)C2c2ccc(F)cc2)cc1. The molecule has 1 fully saturated rings. The van der Waals surface area contributed by atoms with Gasteiger partial charge in [0.15, 0.2) is 0 Å². The van der Waals surface area contributed by atoms with Crippen LogP contribution in [0, 0.1) is 5.82 Å². The minimum absolute atomic E-state index is 0.178. The van der Waals surface area contributed by atoms with E-state index in [0.717, 1.165) is 4.90 Å². The number of ketones is 1. The summed E-state index contributed by atoms with van der Waals surface area (Å²) in [4.78, 5) is 27.0. The molecule has 168 valence electrons. The van der Waals surface area contributed by atoms with Gasteiger partial charge in [0.1, 0.15) is 11.6 Å². The van der Waals surface area contributed by atoms with Gasteiger partial charge in [0, 0.05) is 16.3 Å². The average Bonchev–Trinajstić information content (AvgIpc) is 3.04. The molecular weight excluding hydrogens is 471 g/mol. The van der Waals surface area contributed by atoms with E-state index < -0.39 is 39.3 Å². The van der Waals surface area contributed by atoms with Crippen LogP contribution in [0.3, 0.4) is 0 Å². The molecular formula is C23H16ClFN2O5S. The summed E-state index contributed by atoms with van der Waals surface area (Å²) in [5.41, 5.74) is 0.606. The molecule has 3 N–H and O–H groups in total. The molecule has 1 unspecified atom stereocenters. The Morgan fingerprint density at radius 1 is 0.939 bits per heavy atom. The summed E-state index contributed by atoms with van der Waals surface area (Å²) in [6.45, 7) is 0. The van der Waals surface area contributed by atoms with Gasteiger partial charge in [-0.2, -0.15) is 0 Å². The topological polar surface area (TPSA) is 118 Å². The quantitative estimate of drug-likeness (QED) is 0.331. The average molecular weight is 487 g/mol. The molecule has 1 heterocycles. The highest BCUT2D eigenvalue weighted by Crippen LogP contribution is 2.42. The van der Waals surface area contributed by atoms with Crippen molar-refractivity contribution in [1.29, 1.82) is 0 Å². The van der Waals surface area contributed by atoms with E-state index in [-0.39, 0.29) is 21.7 Å². The molecule has 0 aliphatic carbocycles. The molecule has 0 saturated carbocycles. The van der Waals surface area contributed by atoms with Crippen molar-refractivity contribution in [3.8, 4) is 0 Å². The smallest absolute Gasteiger partial charge is 0.300 e. The van der Waals surface area contributed by atoms with Crippen LogP contribution in [0.15, 0.2) is 83.3 Å². The molecule has 4 rings (SSSR count). The van der Waals surface area contributed by atoms with Gasteiger partial charge in [0.25, 0.3) is 11.7 Å². The van der Waals surface area contributed by atoms with Crippen LogP contribution < -0.4 is 10.0 Å². The number of sulfonamides is 1. The number of hydrogen-bond acceptors (Lipinski definition) is 5. The lowest BCUT2D eigenvalue weighted by atomic mass is 9.95. The first-order valence-corrected chi connectivity index (χ1v) is 11.5. The predicted molar refractivity (Wildman–Crippen MR) is 120 cm³/mol. The highest BCUT2D eigenvalue weighted by atomic mass is 35.5. The largest absolute Gasteiger partial charge is 0.507 e. The van der Waals surface area contributed by atoms with Crippen molar-refractivity contribution in [3.63, 3.8) is 0 Å². The summed E-state index contributed by atoms with van der Waals surface area (Å²) in [6, 6.07) is 15.1. The number of primary sulfonamides is 1. The van der Waals surface area contributed by atoms with E-state index in [9.17, 15) is 27.5 Å². The Bertz CT molecular complexity index is 1390. The van der Waals surface area contributed by atoms with Crippen molar-refractivity contribution < 1.29 is 27.5 Å². The number of carbonyl (C=O) groups excluding carboxylic acids is 2. The number of amides is 1. The Hall–Kier alpha value is -3.53. The lowest BCUT2D eigenvalue weighted by Crippen LogP contribution is -2.29. The number of aliphatic hydroxyl groups excluding tert-OH is 1. The van der Waals surface area contributed by atoms with Gasteiger partial charge in [-0.3, -0.25) is 14.5 Å². The van der Waals surface area contributed by atoms with Gasteiger partial charge >= 0.3 is 0 Å². The fourth-order valence-electron chi connectivity index (χ4n) is 3.62. The van der Waals surface area contributed by atoms with Crippen LogP contribution in [0.4, 0.5) is 10.1 Å². The highest BCUT2D eigenvalue weighted by Gasteiger charge is 2.47. The van der Waals surface area contributed by atoms with Crippen LogP contribution in [-0.2, 0) is 19.6 Å². The molecule has 0 radical (unpaired) electrons. The number of Topliss-reactive ketones (excluding diaryl/α,β-unsaturated/α-hetero) is 1. The van der Waals surface area contributed by atoms with Crippen LogP contribution in [0.1, 0.15) is 17.2 Å². The third kappa shape index (κ3) is 4.25. The summed E-state index contributed by atoms with van der Waals surface area (Å²) in [7, 11) is -3.97. The van der Waals surface area contributed by atoms with Crippen molar-refractivity contribution in [3.05, 3.63) is 100 Å². The molecule has 1 aliphatic rings. The third-order valence-electron chi connectivity index (χ3n) is 5.19. The summed E-state index contributed by atoms with van der Waals surface area (Å²) in [6.07, 6.45) is 0. The molecule has 33 heavy (non-hydrogen) atoms. The summed E-state index contributed by atoms with van der Waals surface area (Å²) < 4.78 is 36.7. The van der Waals surface area contributed by atoms with E-state index in [1.165, 1.54) is 72.8 Å². The van der Waals surface area contributed by atoms with Crippen molar-refractivity contribution in [2.45, 2.75) is 10.9 Å². The van der Waals surface area contributed by atoms with Crippen LogP contribution in [0.5, 0.6) is 0 Å². The number of benzene rings is 3. The Morgan fingerprint density at radius 3 is 2.06 bits per heavy atom. The van der Waals surface area contributed by atoms with Crippen molar-refractivity contribution in [1.82, 2.24) is 0 Å². The molecule has 1 aliphatic heterocycles. The molecule has 1 saturated heterocycles. The minimum Gasteiger partial charge on any atom is -0.507 e. The van der Waals surface area contributed by atoms with Crippen LogP contribution in [0.25, 0.3) is 5.76 Å². The Kier molecular flexibility index (Phi) is 5.79. The number of nitrogens with zero attached hydrogens (tertiary/aromatic N) is 1. The molecule has 7 nitrogen and oxygen atoms in total.